The number of fused-ring (bicyclic) bond motifs is 3. The molecule has 0 aromatic heterocycles. The zero-order valence-electron chi connectivity index (χ0n) is 13.8. The summed E-state index contributed by atoms with van der Waals surface area (Å²) in [5.41, 5.74) is 3.74. The van der Waals surface area contributed by atoms with Crippen LogP contribution in [0.1, 0.15) is 30.4 Å². The van der Waals surface area contributed by atoms with Gasteiger partial charge in [0.05, 0.1) is 12.0 Å². The fourth-order valence-electron chi connectivity index (χ4n) is 3.32. The molecule has 1 amide bonds. The number of hydrogen-bond acceptors (Lipinski definition) is 3. The molecule has 2 N–H and O–H groups in total. The first-order valence-corrected chi connectivity index (χ1v) is 8.14. The third-order valence-corrected chi connectivity index (χ3v) is 4.52. The van der Waals surface area contributed by atoms with Gasteiger partial charge in [-0.2, -0.15) is 5.26 Å². The van der Waals surface area contributed by atoms with Gasteiger partial charge in [-0.05, 0) is 35.6 Å². The predicted molar refractivity (Wildman–Crippen MR) is 92.7 cm³/mol. The number of hydrogen-bond donors (Lipinski definition) is 2. The van der Waals surface area contributed by atoms with Gasteiger partial charge in [0.25, 0.3) is 0 Å². The first kappa shape index (κ1) is 16.7. The summed E-state index contributed by atoms with van der Waals surface area (Å²) in [6.45, 7) is 1.64. The van der Waals surface area contributed by atoms with Crippen molar-refractivity contribution in [2.75, 3.05) is 0 Å². The third-order valence-electron chi connectivity index (χ3n) is 4.52. The number of carboxylic acids is 1. The molecule has 126 valence electrons. The average molecular weight is 334 g/mol. The number of carbonyl (C=O) groups is 2. The maximum atomic E-state index is 12.9. The van der Waals surface area contributed by atoms with Gasteiger partial charge in [0, 0.05) is 5.92 Å². The van der Waals surface area contributed by atoms with E-state index in [2.05, 4.69) is 5.32 Å². The molecule has 25 heavy (non-hydrogen) atoms. The van der Waals surface area contributed by atoms with Gasteiger partial charge in [-0.25, -0.2) is 4.79 Å². The number of amides is 1. The molecule has 2 atom stereocenters. The van der Waals surface area contributed by atoms with E-state index in [1.807, 2.05) is 54.6 Å². The minimum atomic E-state index is -1.13. The number of rotatable bonds is 5. The van der Waals surface area contributed by atoms with Crippen LogP contribution in [0.15, 0.2) is 48.5 Å². The molecular weight excluding hydrogens is 316 g/mol. The Morgan fingerprint density at radius 1 is 1.12 bits per heavy atom. The molecule has 0 unspecified atom stereocenters. The molecule has 0 heterocycles. The smallest absolute Gasteiger partial charge is 0.326 e. The van der Waals surface area contributed by atoms with Gasteiger partial charge in [-0.3, -0.25) is 4.79 Å². The molecule has 0 bridgehead atoms. The van der Waals surface area contributed by atoms with Crippen LogP contribution >= 0.6 is 0 Å². The summed E-state index contributed by atoms with van der Waals surface area (Å²) in [5, 5.41) is 20.9. The van der Waals surface area contributed by atoms with E-state index in [-0.39, 0.29) is 12.3 Å². The van der Waals surface area contributed by atoms with E-state index >= 15 is 0 Å². The van der Waals surface area contributed by atoms with Crippen molar-refractivity contribution in [3.05, 3.63) is 59.7 Å². The summed E-state index contributed by atoms with van der Waals surface area (Å²) >= 11 is 0. The second kappa shape index (κ2) is 6.78. The fourth-order valence-corrected chi connectivity index (χ4v) is 3.32. The topological polar surface area (TPSA) is 90.2 Å². The normalized spacial score (nSPS) is 14.7. The van der Waals surface area contributed by atoms with Gasteiger partial charge < -0.3 is 10.4 Å². The van der Waals surface area contributed by atoms with Crippen LogP contribution in [0.25, 0.3) is 11.1 Å². The van der Waals surface area contributed by atoms with Crippen LogP contribution in [0.4, 0.5) is 0 Å². The van der Waals surface area contributed by atoms with Crippen LogP contribution in [0.5, 0.6) is 0 Å². The molecule has 5 nitrogen and oxygen atoms in total. The SMILES string of the molecule is C[C@@H](C#N)C[C@@H](NC(=O)C1c2ccccc2-c2ccccc21)C(=O)O. The second-order valence-corrected chi connectivity index (χ2v) is 6.27. The highest BCUT2D eigenvalue weighted by Crippen LogP contribution is 2.44. The Hall–Kier alpha value is -3.13. The van der Waals surface area contributed by atoms with Crippen molar-refractivity contribution >= 4 is 11.9 Å². The zero-order chi connectivity index (χ0) is 18.0. The van der Waals surface area contributed by atoms with Crippen LogP contribution in [-0.4, -0.2) is 23.0 Å². The summed E-state index contributed by atoms with van der Waals surface area (Å²) < 4.78 is 0. The van der Waals surface area contributed by atoms with Crippen molar-refractivity contribution in [3.63, 3.8) is 0 Å². The summed E-state index contributed by atoms with van der Waals surface area (Å²) in [6, 6.07) is 16.2. The van der Waals surface area contributed by atoms with Crippen LogP contribution in [0.2, 0.25) is 0 Å². The Bertz CT molecular complexity index is 824. The van der Waals surface area contributed by atoms with Crippen LogP contribution < -0.4 is 5.32 Å². The van der Waals surface area contributed by atoms with E-state index in [4.69, 9.17) is 5.26 Å². The van der Waals surface area contributed by atoms with Gasteiger partial charge in [-0.15, -0.1) is 0 Å². The molecular formula is C20H18N2O3. The number of carboxylic acid groups (broad SMARTS) is 1. The Kier molecular flexibility index (Phi) is 4.53. The predicted octanol–water partition coefficient (Wildman–Crippen LogP) is 2.92. The first-order chi connectivity index (χ1) is 12.0. The van der Waals surface area contributed by atoms with E-state index in [1.54, 1.807) is 6.92 Å². The van der Waals surface area contributed by atoms with Crippen LogP contribution in [0, 0.1) is 17.2 Å². The van der Waals surface area contributed by atoms with E-state index in [0.29, 0.717) is 0 Å². The Morgan fingerprint density at radius 2 is 1.64 bits per heavy atom. The lowest BCUT2D eigenvalue weighted by molar-refractivity contribution is -0.142. The monoisotopic (exact) mass is 334 g/mol. The molecule has 2 aromatic carbocycles. The zero-order valence-corrected chi connectivity index (χ0v) is 13.8. The lowest BCUT2D eigenvalue weighted by Gasteiger charge is -2.19. The molecule has 5 heteroatoms. The molecule has 0 spiro atoms. The van der Waals surface area contributed by atoms with Crippen molar-refractivity contribution in [3.8, 4) is 17.2 Å². The molecule has 3 rings (SSSR count). The van der Waals surface area contributed by atoms with E-state index in [9.17, 15) is 14.7 Å². The number of aliphatic carboxylic acids is 1. The fraction of sp³-hybridized carbons (Fsp3) is 0.250. The molecule has 1 aliphatic carbocycles. The molecule has 0 radical (unpaired) electrons. The molecule has 0 aliphatic heterocycles. The quantitative estimate of drug-likeness (QED) is 0.879. The van der Waals surface area contributed by atoms with Crippen molar-refractivity contribution < 1.29 is 14.7 Å². The van der Waals surface area contributed by atoms with E-state index in [0.717, 1.165) is 22.3 Å². The number of nitrogens with zero attached hydrogens (tertiary/aromatic N) is 1. The summed E-state index contributed by atoms with van der Waals surface area (Å²) in [7, 11) is 0. The van der Waals surface area contributed by atoms with E-state index < -0.39 is 23.8 Å². The first-order valence-electron chi connectivity index (χ1n) is 8.14. The number of nitriles is 1. The van der Waals surface area contributed by atoms with Crippen molar-refractivity contribution in [1.29, 1.82) is 5.26 Å². The van der Waals surface area contributed by atoms with Gasteiger partial charge in [-0.1, -0.05) is 48.5 Å². The lowest BCUT2D eigenvalue weighted by atomic mass is 9.95. The molecule has 0 fully saturated rings. The molecule has 1 aliphatic rings. The van der Waals surface area contributed by atoms with Gasteiger partial charge in [0.1, 0.15) is 6.04 Å². The van der Waals surface area contributed by atoms with Gasteiger partial charge in [0.2, 0.25) is 5.91 Å². The maximum Gasteiger partial charge on any atom is 0.326 e. The minimum absolute atomic E-state index is 0.0770. The Balaban J connectivity index is 1.92. The number of carbonyl (C=O) groups excluding carboxylic acids is 1. The average Bonchev–Trinajstić information content (AvgIpc) is 2.95. The maximum absolute atomic E-state index is 12.9. The van der Waals surface area contributed by atoms with Crippen LogP contribution in [-0.2, 0) is 9.59 Å². The number of nitrogens with one attached hydrogen (secondary N) is 1. The molecule has 0 saturated heterocycles. The largest absolute Gasteiger partial charge is 0.480 e. The van der Waals surface area contributed by atoms with Crippen molar-refractivity contribution in [1.82, 2.24) is 5.32 Å². The second-order valence-electron chi connectivity index (χ2n) is 6.27. The molecule has 0 saturated carbocycles. The highest BCUT2D eigenvalue weighted by atomic mass is 16.4. The highest BCUT2D eigenvalue weighted by molar-refractivity contribution is 5.97. The Labute approximate surface area is 145 Å². The van der Waals surface area contributed by atoms with Crippen LogP contribution in [0.3, 0.4) is 0 Å². The van der Waals surface area contributed by atoms with Gasteiger partial charge in [0.15, 0.2) is 0 Å². The van der Waals surface area contributed by atoms with Crippen molar-refractivity contribution in [2.24, 2.45) is 5.92 Å². The lowest BCUT2D eigenvalue weighted by Crippen LogP contribution is -2.43. The Morgan fingerprint density at radius 3 is 2.12 bits per heavy atom. The van der Waals surface area contributed by atoms with Gasteiger partial charge >= 0.3 is 5.97 Å². The summed E-state index contributed by atoms with van der Waals surface area (Å²) in [5.74, 6) is -2.47. The van der Waals surface area contributed by atoms with E-state index in [1.165, 1.54) is 0 Å². The summed E-state index contributed by atoms with van der Waals surface area (Å²) in [6.07, 6.45) is 0.0770. The highest BCUT2D eigenvalue weighted by Gasteiger charge is 2.35. The minimum Gasteiger partial charge on any atom is -0.480 e. The third kappa shape index (κ3) is 3.11. The summed E-state index contributed by atoms with van der Waals surface area (Å²) in [4.78, 5) is 24.4. The molecule has 2 aromatic rings. The van der Waals surface area contributed by atoms with Crippen molar-refractivity contribution in [2.45, 2.75) is 25.3 Å². The number of benzene rings is 2. The standard InChI is InChI=1S/C20H18N2O3/c1-12(11-21)10-17(20(24)25)22-19(23)18-15-8-4-2-6-13(15)14-7-3-5-9-16(14)18/h2-9,12,17-18H,10H2,1H3,(H,22,23)(H,24,25)/t12-,17-/m1/s1.